The van der Waals surface area contributed by atoms with Crippen molar-refractivity contribution >= 4 is 13.7 Å². The largest absolute Gasteiger partial charge is 0.446 e. The van der Waals surface area contributed by atoms with E-state index in [0.717, 1.165) is 62.9 Å². The Morgan fingerprint density at radius 1 is 1.16 bits per heavy atom. The molecular formula is C35H60NO6P. The molecule has 6 atom stereocenters. The van der Waals surface area contributed by atoms with Crippen LogP contribution in [0.2, 0.25) is 0 Å². The third kappa shape index (κ3) is 11.8. The van der Waals surface area contributed by atoms with Crippen molar-refractivity contribution in [1.29, 1.82) is 0 Å². The number of nitrogens with one attached hydrogen (secondary N) is 1. The summed E-state index contributed by atoms with van der Waals surface area (Å²) in [5, 5.41) is 13.0. The second-order valence-electron chi connectivity index (χ2n) is 14.6. The van der Waals surface area contributed by atoms with Crippen LogP contribution in [0.4, 0.5) is 4.79 Å². The standard InChI is InChI=1S/C35H60NO6P/c1-26-15-18-30(42-33(37)36-23-9-7-8-10-24-41-43(6,39)40)25-29(26)17-16-28-14-12-22-35(5)31(19-20-32(28)35)27(2)13-11-21-34(3,4)38/h16-17,27,30-32,38H,1,7-15,18-25H2,2-6H3,(H,36,37)(H,39,40)/b28-16+,29-17-/t27-,30+,31-,32+,35-/m1/s1. The molecule has 43 heavy (non-hydrogen) atoms. The number of aliphatic hydroxyl groups is 1. The summed E-state index contributed by atoms with van der Waals surface area (Å²) in [6, 6.07) is 0. The van der Waals surface area contributed by atoms with Gasteiger partial charge in [-0.05, 0) is 107 Å². The molecule has 3 fully saturated rings. The molecule has 0 aromatic carbocycles. The normalized spacial score (nSPS) is 30.2. The Morgan fingerprint density at radius 2 is 1.91 bits per heavy atom. The van der Waals surface area contributed by atoms with Gasteiger partial charge in [0.05, 0.1) is 12.2 Å². The van der Waals surface area contributed by atoms with Crippen LogP contribution in [-0.4, -0.2) is 47.6 Å². The van der Waals surface area contributed by atoms with Crippen molar-refractivity contribution in [1.82, 2.24) is 5.32 Å². The highest BCUT2D eigenvalue weighted by Gasteiger charge is 2.50. The molecule has 3 rings (SSSR count). The van der Waals surface area contributed by atoms with E-state index in [1.165, 1.54) is 50.8 Å². The second-order valence-corrected chi connectivity index (χ2v) is 16.4. The van der Waals surface area contributed by atoms with E-state index in [2.05, 4.69) is 37.9 Å². The van der Waals surface area contributed by atoms with Crippen molar-refractivity contribution in [2.24, 2.45) is 23.2 Å². The maximum absolute atomic E-state index is 12.4. The smallest absolute Gasteiger partial charge is 0.407 e. The Kier molecular flexibility index (Phi) is 13.6. The van der Waals surface area contributed by atoms with E-state index in [4.69, 9.17) is 14.2 Å². The predicted octanol–water partition coefficient (Wildman–Crippen LogP) is 8.86. The first-order chi connectivity index (χ1) is 20.2. The fourth-order valence-corrected chi connectivity index (χ4v) is 8.42. The summed E-state index contributed by atoms with van der Waals surface area (Å²) < 4.78 is 21.8. The molecule has 0 saturated heterocycles. The van der Waals surface area contributed by atoms with E-state index in [9.17, 15) is 14.5 Å². The molecule has 246 valence electrons. The van der Waals surface area contributed by atoms with Gasteiger partial charge >= 0.3 is 13.7 Å². The third-order valence-corrected chi connectivity index (χ3v) is 10.9. The molecule has 0 aromatic rings. The quantitative estimate of drug-likeness (QED) is 0.125. The van der Waals surface area contributed by atoms with Gasteiger partial charge in [-0.2, -0.15) is 0 Å². The molecule has 3 aliphatic carbocycles. The summed E-state index contributed by atoms with van der Waals surface area (Å²) in [5.41, 5.74) is 3.74. The highest BCUT2D eigenvalue weighted by Crippen LogP contribution is 2.60. The monoisotopic (exact) mass is 621 g/mol. The highest BCUT2D eigenvalue weighted by molar-refractivity contribution is 7.51. The van der Waals surface area contributed by atoms with Gasteiger partial charge in [0.2, 0.25) is 0 Å². The Labute approximate surface area is 261 Å². The lowest BCUT2D eigenvalue weighted by Crippen LogP contribution is -2.36. The van der Waals surface area contributed by atoms with Crippen LogP contribution < -0.4 is 5.32 Å². The van der Waals surface area contributed by atoms with E-state index in [1.807, 2.05) is 13.8 Å². The topological polar surface area (TPSA) is 105 Å². The zero-order valence-corrected chi connectivity index (χ0v) is 28.6. The second kappa shape index (κ2) is 16.2. The maximum Gasteiger partial charge on any atom is 0.407 e. The molecule has 3 saturated carbocycles. The van der Waals surface area contributed by atoms with E-state index >= 15 is 0 Å². The van der Waals surface area contributed by atoms with Gasteiger partial charge in [-0.15, -0.1) is 0 Å². The number of carbonyl (C=O) groups excluding carboxylic acids is 1. The summed E-state index contributed by atoms with van der Waals surface area (Å²) in [7, 11) is -3.39. The molecule has 0 spiro atoms. The number of hydrogen-bond donors (Lipinski definition) is 3. The minimum Gasteiger partial charge on any atom is -0.446 e. The van der Waals surface area contributed by atoms with Crippen LogP contribution in [0.1, 0.15) is 124 Å². The lowest BCUT2D eigenvalue weighted by atomic mass is 9.60. The van der Waals surface area contributed by atoms with Crippen molar-refractivity contribution < 1.29 is 28.6 Å². The van der Waals surface area contributed by atoms with Crippen LogP contribution >= 0.6 is 7.60 Å². The average molecular weight is 622 g/mol. The van der Waals surface area contributed by atoms with Crippen LogP contribution in [0, 0.1) is 23.2 Å². The van der Waals surface area contributed by atoms with E-state index in [-0.39, 0.29) is 18.8 Å². The molecule has 0 bridgehead atoms. The Morgan fingerprint density at radius 3 is 2.63 bits per heavy atom. The van der Waals surface area contributed by atoms with E-state index < -0.39 is 13.2 Å². The molecule has 7 nitrogen and oxygen atoms in total. The molecule has 1 amide bonds. The summed E-state index contributed by atoms with van der Waals surface area (Å²) in [6.45, 7) is 15.2. The first kappa shape index (κ1) is 36.1. The van der Waals surface area contributed by atoms with Crippen molar-refractivity contribution in [2.75, 3.05) is 19.8 Å². The van der Waals surface area contributed by atoms with Crippen LogP contribution in [0.25, 0.3) is 0 Å². The van der Waals surface area contributed by atoms with Crippen molar-refractivity contribution in [3.63, 3.8) is 0 Å². The number of unbranched alkanes of at least 4 members (excludes halogenated alkanes) is 3. The minimum absolute atomic E-state index is 0.132. The van der Waals surface area contributed by atoms with Gasteiger partial charge in [0.1, 0.15) is 6.10 Å². The molecule has 3 N–H and O–H groups in total. The summed E-state index contributed by atoms with van der Waals surface area (Å²) >= 11 is 0. The lowest BCUT2D eigenvalue weighted by molar-refractivity contribution is 0.0596. The third-order valence-electron chi connectivity index (χ3n) is 10.3. The van der Waals surface area contributed by atoms with Crippen LogP contribution in [0.15, 0.2) is 35.5 Å². The molecule has 0 radical (unpaired) electrons. The van der Waals surface area contributed by atoms with Crippen LogP contribution in [-0.2, 0) is 13.8 Å². The predicted molar refractivity (Wildman–Crippen MR) is 175 cm³/mol. The van der Waals surface area contributed by atoms with Gasteiger partial charge in [-0.1, -0.05) is 69.4 Å². The van der Waals surface area contributed by atoms with E-state index in [1.54, 1.807) is 5.57 Å². The SMILES string of the molecule is C=C1CC[C@H](OC(=O)NCCCCCCOP(C)(=O)O)C/C1=C/C=C1\CCC[C@]2(C)[C@@H]([C@H](C)CCCC(C)(C)O)CC[C@@H]12. The molecule has 3 aliphatic rings. The van der Waals surface area contributed by atoms with Crippen molar-refractivity contribution in [2.45, 2.75) is 136 Å². The number of amides is 1. The highest BCUT2D eigenvalue weighted by atomic mass is 31.2. The molecule has 8 heteroatoms. The van der Waals surface area contributed by atoms with Crippen LogP contribution in [0.3, 0.4) is 0 Å². The zero-order chi connectivity index (χ0) is 31.7. The number of carbonyl (C=O) groups is 1. The van der Waals surface area contributed by atoms with Gasteiger partial charge in [0.25, 0.3) is 0 Å². The summed E-state index contributed by atoms with van der Waals surface area (Å²) in [4.78, 5) is 21.6. The fraction of sp³-hybridized carbons (Fsp3) is 0.800. The number of rotatable bonds is 15. The number of fused-ring (bicyclic) bond motifs is 1. The first-order valence-electron chi connectivity index (χ1n) is 16.9. The van der Waals surface area contributed by atoms with Gasteiger partial charge in [0.15, 0.2) is 0 Å². The Hall–Kier alpha value is -1.40. The van der Waals surface area contributed by atoms with E-state index in [0.29, 0.717) is 30.2 Å². The number of hydrogen-bond acceptors (Lipinski definition) is 5. The molecular weight excluding hydrogens is 561 g/mol. The van der Waals surface area contributed by atoms with Gasteiger partial charge in [-0.3, -0.25) is 4.57 Å². The maximum atomic E-state index is 12.4. The van der Waals surface area contributed by atoms with Gasteiger partial charge in [0, 0.05) is 19.6 Å². The Bertz CT molecular complexity index is 1040. The zero-order valence-electron chi connectivity index (χ0n) is 27.7. The molecule has 0 heterocycles. The van der Waals surface area contributed by atoms with Crippen molar-refractivity contribution in [3.8, 4) is 0 Å². The first-order valence-corrected chi connectivity index (χ1v) is 18.9. The average Bonchev–Trinajstić information content (AvgIpc) is 3.26. The number of alkyl carbamates (subject to hydrolysis) is 1. The molecule has 1 unspecified atom stereocenters. The molecule has 0 aliphatic heterocycles. The summed E-state index contributed by atoms with van der Waals surface area (Å²) in [5.74, 6) is 2.07. The fourth-order valence-electron chi connectivity index (χ4n) is 7.95. The number of ether oxygens (including phenoxy) is 1. The lowest BCUT2D eigenvalue weighted by Gasteiger charge is -2.44. The molecule has 0 aromatic heterocycles. The number of allylic oxidation sites excluding steroid dienone is 4. The Balaban J connectivity index is 1.47. The van der Waals surface area contributed by atoms with Gasteiger partial charge in [-0.25, -0.2) is 4.79 Å². The van der Waals surface area contributed by atoms with Crippen molar-refractivity contribution in [3.05, 3.63) is 35.5 Å². The van der Waals surface area contributed by atoms with Crippen LogP contribution in [0.5, 0.6) is 0 Å². The summed E-state index contributed by atoms with van der Waals surface area (Å²) in [6.07, 6.45) is 19.3. The van der Waals surface area contributed by atoms with Gasteiger partial charge < -0.3 is 24.6 Å². The minimum atomic E-state index is -3.39.